The fraction of sp³-hybridized carbons (Fsp3) is 0.600. The second-order valence-corrected chi connectivity index (χ2v) is 7.42. The Morgan fingerprint density at radius 3 is 2.65 bits per heavy atom. The summed E-state index contributed by atoms with van der Waals surface area (Å²) in [6.07, 6.45) is 2.03. The number of amides is 3. The first-order valence-electron chi connectivity index (χ1n) is 9.57. The number of morpholine rings is 1. The van der Waals surface area contributed by atoms with Crippen LogP contribution in [0.4, 0.5) is 4.79 Å². The van der Waals surface area contributed by atoms with E-state index in [2.05, 4.69) is 11.4 Å². The van der Waals surface area contributed by atoms with Gasteiger partial charge in [-0.05, 0) is 44.4 Å². The molecule has 2 saturated heterocycles. The largest absolute Gasteiger partial charge is 0.378 e. The minimum absolute atomic E-state index is 0.00486. The monoisotopic (exact) mass is 359 g/mol. The van der Waals surface area contributed by atoms with Crippen molar-refractivity contribution in [2.75, 3.05) is 39.4 Å². The van der Waals surface area contributed by atoms with Crippen LogP contribution in [0.25, 0.3) is 0 Å². The summed E-state index contributed by atoms with van der Waals surface area (Å²) in [5, 5.41) is 2.97. The number of carbonyl (C=O) groups excluding carboxylic acids is 2. The van der Waals surface area contributed by atoms with Crippen LogP contribution in [0.2, 0.25) is 0 Å². The summed E-state index contributed by atoms with van der Waals surface area (Å²) in [7, 11) is 0. The van der Waals surface area contributed by atoms with Crippen molar-refractivity contribution >= 4 is 11.9 Å². The Balaban J connectivity index is 1.69. The van der Waals surface area contributed by atoms with Crippen LogP contribution in [-0.2, 0) is 4.74 Å². The van der Waals surface area contributed by atoms with Gasteiger partial charge in [-0.25, -0.2) is 4.79 Å². The third kappa shape index (κ3) is 4.55. The molecule has 3 amide bonds. The number of carbonyl (C=O) groups is 2. The second-order valence-electron chi connectivity index (χ2n) is 7.42. The standard InChI is InChI=1S/C20H29N3O3/c1-15(2)21-20(25)23-8-4-7-18(14-23)16-5-3-6-17(13-16)19(24)22-9-11-26-12-10-22/h3,5-6,13,15,18H,4,7-12,14H2,1-2H3,(H,21,25). The van der Waals surface area contributed by atoms with Crippen molar-refractivity contribution in [3.8, 4) is 0 Å². The number of hydrogen-bond donors (Lipinski definition) is 1. The molecule has 0 spiro atoms. The van der Waals surface area contributed by atoms with Crippen LogP contribution in [0.15, 0.2) is 24.3 Å². The molecule has 1 aromatic carbocycles. The molecule has 0 bridgehead atoms. The highest BCUT2D eigenvalue weighted by atomic mass is 16.5. The van der Waals surface area contributed by atoms with Gasteiger partial charge in [-0.15, -0.1) is 0 Å². The van der Waals surface area contributed by atoms with Gasteiger partial charge in [0.2, 0.25) is 0 Å². The number of likely N-dealkylation sites (tertiary alicyclic amines) is 1. The maximum Gasteiger partial charge on any atom is 0.317 e. The van der Waals surface area contributed by atoms with Crippen molar-refractivity contribution < 1.29 is 14.3 Å². The third-order valence-corrected chi connectivity index (χ3v) is 5.02. The molecule has 0 radical (unpaired) electrons. The molecular formula is C20H29N3O3. The van der Waals surface area contributed by atoms with Gasteiger partial charge in [0.25, 0.3) is 5.91 Å². The van der Waals surface area contributed by atoms with Gasteiger partial charge >= 0.3 is 6.03 Å². The first kappa shape index (κ1) is 18.7. The smallest absolute Gasteiger partial charge is 0.317 e. The zero-order valence-corrected chi connectivity index (χ0v) is 15.7. The van der Waals surface area contributed by atoms with E-state index in [1.807, 2.05) is 41.8 Å². The van der Waals surface area contributed by atoms with Gasteiger partial charge < -0.3 is 19.9 Å². The van der Waals surface area contributed by atoms with Crippen LogP contribution in [0.5, 0.6) is 0 Å². The molecule has 26 heavy (non-hydrogen) atoms. The Bertz CT molecular complexity index is 641. The van der Waals surface area contributed by atoms with Crippen molar-refractivity contribution in [2.24, 2.45) is 0 Å². The van der Waals surface area contributed by atoms with E-state index in [4.69, 9.17) is 4.74 Å². The average molecular weight is 359 g/mol. The molecule has 1 N–H and O–H groups in total. The van der Waals surface area contributed by atoms with Crippen molar-refractivity contribution in [2.45, 2.75) is 38.6 Å². The zero-order chi connectivity index (χ0) is 18.5. The fourth-order valence-electron chi connectivity index (χ4n) is 3.65. The topological polar surface area (TPSA) is 61.9 Å². The minimum atomic E-state index is 0.00486. The van der Waals surface area contributed by atoms with Crippen LogP contribution >= 0.6 is 0 Å². The second kappa shape index (κ2) is 8.54. The average Bonchev–Trinajstić information content (AvgIpc) is 2.68. The summed E-state index contributed by atoms with van der Waals surface area (Å²) in [6.45, 7) is 7.95. The maximum absolute atomic E-state index is 12.7. The Kier molecular flexibility index (Phi) is 6.14. The van der Waals surface area contributed by atoms with Gasteiger partial charge in [0.05, 0.1) is 13.2 Å². The van der Waals surface area contributed by atoms with Gasteiger partial charge in [0.1, 0.15) is 0 Å². The van der Waals surface area contributed by atoms with E-state index in [1.54, 1.807) is 0 Å². The van der Waals surface area contributed by atoms with Gasteiger partial charge in [0, 0.05) is 43.7 Å². The number of urea groups is 1. The summed E-state index contributed by atoms with van der Waals surface area (Å²) in [5.74, 6) is 0.347. The van der Waals surface area contributed by atoms with Crippen LogP contribution in [-0.4, -0.2) is 67.2 Å². The molecule has 3 rings (SSSR count). The highest BCUT2D eigenvalue weighted by molar-refractivity contribution is 5.94. The zero-order valence-electron chi connectivity index (χ0n) is 15.7. The third-order valence-electron chi connectivity index (χ3n) is 5.02. The lowest BCUT2D eigenvalue weighted by atomic mass is 9.89. The van der Waals surface area contributed by atoms with Gasteiger partial charge in [-0.1, -0.05) is 12.1 Å². The van der Waals surface area contributed by atoms with E-state index in [-0.39, 0.29) is 23.9 Å². The van der Waals surface area contributed by atoms with Crippen molar-refractivity contribution in [1.29, 1.82) is 0 Å². The number of ether oxygens (including phenoxy) is 1. The predicted molar refractivity (Wildman–Crippen MR) is 100 cm³/mol. The van der Waals surface area contributed by atoms with Crippen molar-refractivity contribution in [1.82, 2.24) is 15.1 Å². The number of rotatable bonds is 3. The normalized spacial score (nSPS) is 21.0. The molecule has 6 heteroatoms. The number of hydrogen-bond acceptors (Lipinski definition) is 3. The van der Waals surface area contributed by atoms with Gasteiger partial charge in [-0.2, -0.15) is 0 Å². The Morgan fingerprint density at radius 1 is 1.15 bits per heavy atom. The number of benzene rings is 1. The SMILES string of the molecule is CC(C)NC(=O)N1CCCC(c2cccc(C(=O)N3CCOCC3)c2)C1. The van der Waals surface area contributed by atoms with Crippen molar-refractivity contribution in [3.05, 3.63) is 35.4 Å². The van der Waals surface area contributed by atoms with E-state index in [9.17, 15) is 9.59 Å². The molecule has 0 aliphatic carbocycles. The van der Waals surface area contributed by atoms with Gasteiger partial charge in [0.15, 0.2) is 0 Å². The van der Waals surface area contributed by atoms with Gasteiger partial charge in [-0.3, -0.25) is 4.79 Å². The van der Waals surface area contributed by atoms with Crippen LogP contribution in [0, 0.1) is 0 Å². The molecule has 0 saturated carbocycles. The molecule has 2 fully saturated rings. The highest BCUT2D eigenvalue weighted by Crippen LogP contribution is 2.28. The molecule has 1 aromatic rings. The Labute approximate surface area is 155 Å². The summed E-state index contributed by atoms with van der Waals surface area (Å²) < 4.78 is 5.33. The van der Waals surface area contributed by atoms with E-state index < -0.39 is 0 Å². The summed E-state index contributed by atoms with van der Waals surface area (Å²) in [6, 6.07) is 8.06. The van der Waals surface area contributed by atoms with Crippen LogP contribution in [0.1, 0.15) is 48.5 Å². The maximum atomic E-state index is 12.7. The predicted octanol–water partition coefficient (Wildman–Crippen LogP) is 2.46. The van der Waals surface area contributed by atoms with E-state index >= 15 is 0 Å². The number of piperidine rings is 1. The number of nitrogens with one attached hydrogen (secondary N) is 1. The Morgan fingerprint density at radius 2 is 1.92 bits per heavy atom. The molecule has 1 atom stereocenters. The molecule has 142 valence electrons. The van der Waals surface area contributed by atoms with E-state index in [0.29, 0.717) is 32.8 Å². The Hall–Kier alpha value is -2.08. The summed E-state index contributed by atoms with van der Waals surface area (Å²) >= 11 is 0. The molecule has 2 aliphatic heterocycles. The summed E-state index contributed by atoms with van der Waals surface area (Å²) in [5.41, 5.74) is 1.87. The van der Waals surface area contributed by atoms with Crippen LogP contribution < -0.4 is 5.32 Å². The lowest BCUT2D eigenvalue weighted by molar-refractivity contribution is 0.0303. The lowest BCUT2D eigenvalue weighted by Crippen LogP contribution is -2.47. The van der Waals surface area contributed by atoms with Crippen LogP contribution in [0.3, 0.4) is 0 Å². The summed E-state index contributed by atoms with van der Waals surface area (Å²) in [4.78, 5) is 28.8. The minimum Gasteiger partial charge on any atom is -0.378 e. The number of nitrogens with zero attached hydrogens (tertiary/aromatic N) is 2. The lowest BCUT2D eigenvalue weighted by Gasteiger charge is -2.34. The quantitative estimate of drug-likeness (QED) is 0.902. The molecular weight excluding hydrogens is 330 g/mol. The first-order chi connectivity index (χ1) is 12.5. The molecule has 2 aliphatic rings. The van der Waals surface area contributed by atoms with Crippen molar-refractivity contribution in [3.63, 3.8) is 0 Å². The molecule has 0 aromatic heterocycles. The first-order valence-corrected chi connectivity index (χ1v) is 9.57. The molecule has 6 nitrogen and oxygen atoms in total. The molecule has 2 heterocycles. The highest BCUT2D eigenvalue weighted by Gasteiger charge is 2.26. The van der Waals surface area contributed by atoms with E-state index in [1.165, 1.54) is 0 Å². The van der Waals surface area contributed by atoms with E-state index in [0.717, 1.165) is 30.5 Å². The molecule has 1 unspecified atom stereocenters. The fourth-order valence-corrected chi connectivity index (χ4v) is 3.65.